The second kappa shape index (κ2) is 9.53. The molecule has 1 fully saturated rings. The van der Waals surface area contributed by atoms with Crippen LogP contribution in [0.25, 0.3) is 0 Å². The van der Waals surface area contributed by atoms with Crippen LogP contribution in [-0.2, 0) is 9.53 Å². The van der Waals surface area contributed by atoms with Gasteiger partial charge in [-0.2, -0.15) is 0 Å². The van der Waals surface area contributed by atoms with Gasteiger partial charge in [0, 0.05) is 37.4 Å². The van der Waals surface area contributed by atoms with E-state index >= 15 is 0 Å². The predicted octanol–water partition coefficient (Wildman–Crippen LogP) is 2.58. The third-order valence-corrected chi connectivity index (χ3v) is 4.14. The molecule has 2 rings (SSSR count). The van der Waals surface area contributed by atoms with Crippen molar-refractivity contribution < 1.29 is 9.53 Å². The smallest absolute Gasteiger partial charge is 0.225 e. The van der Waals surface area contributed by atoms with Crippen LogP contribution < -0.4 is 10.2 Å². The molecule has 1 saturated heterocycles. The Morgan fingerprint density at radius 1 is 1.22 bits per heavy atom. The van der Waals surface area contributed by atoms with Crippen LogP contribution >= 0.6 is 0 Å². The molecule has 1 amide bonds. The molecule has 0 spiro atoms. The van der Waals surface area contributed by atoms with Crippen molar-refractivity contribution in [3.63, 3.8) is 0 Å². The van der Waals surface area contributed by atoms with Crippen molar-refractivity contribution >= 4 is 17.3 Å². The minimum atomic E-state index is 0.0764. The Balaban J connectivity index is 1.75. The Morgan fingerprint density at radius 3 is 2.57 bits per heavy atom. The molecular weight excluding hydrogens is 290 g/mol. The number of rotatable bonds is 8. The van der Waals surface area contributed by atoms with Crippen molar-refractivity contribution in [2.75, 3.05) is 56.7 Å². The molecule has 1 aliphatic rings. The number of hydrogen-bond donors (Lipinski definition) is 1. The second-order valence-electron chi connectivity index (χ2n) is 6.10. The highest BCUT2D eigenvalue weighted by Crippen LogP contribution is 2.19. The van der Waals surface area contributed by atoms with Crippen molar-refractivity contribution in [1.82, 2.24) is 4.90 Å². The molecule has 0 radical (unpaired) electrons. The first-order valence-corrected chi connectivity index (χ1v) is 8.60. The van der Waals surface area contributed by atoms with Crippen molar-refractivity contribution in [1.29, 1.82) is 0 Å². The number of hydrogen-bond acceptors (Lipinski definition) is 4. The molecule has 1 aromatic carbocycles. The van der Waals surface area contributed by atoms with Gasteiger partial charge in [0.25, 0.3) is 0 Å². The van der Waals surface area contributed by atoms with Crippen LogP contribution in [-0.4, -0.2) is 57.2 Å². The lowest BCUT2D eigenvalue weighted by Gasteiger charge is -2.28. The second-order valence-corrected chi connectivity index (χ2v) is 6.10. The number of nitrogens with one attached hydrogen (secondary N) is 1. The molecule has 1 N–H and O–H groups in total. The van der Waals surface area contributed by atoms with Gasteiger partial charge in [-0.3, -0.25) is 4.79 Å². The fourth-order valence-electron chi connectivity index (χ4n) is 2.63. The average molecular weight is 319 g/mol. The van der Waals surface area contributed by atoms with Gasteiger partial charge in [0.05, 0.1) is 13.2 Å². The van der Waals surface area contributed by atoms with Crippen LogP contribution in [0.3, 0.4) is 0 Å². The summed E-state index contributed by atoms with van der Waals surface area (Å²) in [5, 5.41) is 2.97. The first kappa shape index (κ1) is 17.8. The number of carbonyl (C=O) groups excluding carboxylic acids is 1. The lowest BCUT2D eigenvalue weighted by Crippen LogP contribution is -2.36. The maximum atomic E-state index is 12.0. The number of anilines is 2. The molecule has 0 aliphatic carbocycles. The fourth-order valence-corrected chi connectivity index (χ4v) is 2.63. The van der Waals surface area contributed by atoms with Crippen molar-refractivity contribution in [3.8, 4) is 0 Å². The van der Waals surface area contributed by atoms with Gasteiger partial charge >= 0.3 is 0 Å². The minimum absolute atomic E-state index is 0.0764. The number of unbranched alkanes of at least 4 members (excludes halogenated alkanes) is 1. The summed E-state index contributed by atoms with van der Waals surface area (Å²) >= 11 is 0. The van der Waals surface area contributed by atoms with Gasteiger partial charge in [-0.1, -0.05) is 13.3 Å². The predicted molar refractivity (Wildman–Crippen MR) is 95.1 cm³/mol. The highest BCUT2D eigenvalue weighted by Gasteiger charge is 2.11. The third kappa shape index (κ3) is 6.20. The molecule has 0 bridgehead atoms. The van der Waals surface area contributed by atoms with Crippen LogP contribution in [0.4, 0.5) is 11.4 Å². The van der Waals surface area contributed by atoms with Gasteiger partial charge in [-0.05, 0) is 44.3 Å². The summed E-state index contributed by atoms with van der Waals surface area (Å²) in [5.41, 5.74) is 2.05. The number of carbonyl (C=O) groups is 1. The summed E-state index contributed by atoms with van der Waals surface area (Å²) in [6.07, 6.45) is 2.90. The summed E-state index contributed by atoms with van der Waals surface area (Å²) in [7, 11) is 2.07. The highest BCUT2D eigenvalue weighted by molar-refractivity contribution is 5.91. The topological polar surface area (TPSA) is 44.8 Å². The van der Waals surface area contributed by atoms with E-state index in [0.717, 1.165) is 45.1 Å². The quantitative estimate of drug-likeness (QED) is 0.800. The molecule has 1 aromatic rings. The van der Waals surface area contributed by atoms with Crippen LogP contribution in [0.5, 0.6) is 0 Å². The first-order chi connectivity index (χ1) is 11.2. The molecule has 5 heteroatoms. The van der Waals surface area contributed by atoms with Gasteiger partial charge in [-0.25, -0.2) is 0 Å². The van der Waals surface area contributed by atoms with E-state index in [1.165, 1.54) is 18.5 Å². The fraction of sp³-hybridized carbons (Fsp3) is 0.611. The Bertz CT molecular complexity index is 470. The molecule has 23 heavy (non-hydrogen) atoms. The zero-order valence-electron chi connectivity index (χ0n) is 14.4. The molecule has 1 aliphatic heterocycles. The van der Waals surface area contributed by atoms with E-state index < -0.39 is 0 Å². The van der Waals surface area contributed by atoms with Crippen molar-refractivity contribution in [2.45, 2.75) is 26.2 Å². The Labute approximate surface area is 139 Å². The molecule has 0 aromatic heterocycles. The molecule has 128 valence electrons. The lowest BCUT2D eigenvalue weighted by molar-refractivity contribution is -0.116. The minimum Gasteiger partial charge on any atom is -0.378 e. The van der Waals surface area contributed by atoms with Gasteiger partial charge in [0.1, 0.15) is 0 Å². The third-order valence-electron chi connectivity index (χ3n) is 4.14. The first-order valence-electron chi connectivity index (χ1n) is 8.60. The lowest BCUT2D eigenvalue weighted by atomic mass is 10.2. The normalized spacial score (nSPS) is 15.0. The Hall–Kier alpha value is -1.59. The maximum absolute atomic E-state index is 12.0. The summed E-state index contributed by atoms with van der Waals surface area (Å²) in [6, 6.07) is 8.08. The number of morpholine rings is 1. The van der Waals surface area contributed by atoms with Gasteiger partial charge in [0.15, 0.2) is 0 Å². The SMILES string of the molecule is CCCCN(C)CCC(=O)Nc1ccc(N2CCOCC2)cc1. The van der Waals surface area contributed by atoms with Gasteiger partial charge < -0.3 is 19.9 Å². The standard InChI is InChI=1S/C18H29N3O2/c1-3-4-10-20(2)11-9-18(22)19-16-5-7-17(8-6-16)21-12-14-23-15-13-21/h5-8H,3-4,9-15H2,1-2H3,(H,19,22). The van der Waals surface area contributed by atoms with Gasteiger partial charge in [0.2, 0.25) is 5.91 Å². The molecule has 5 nitrogen and oxygen atoms in total. The van der Waals surface area contributed by atoms with Gasteiger partial charge in [-0.15, -0.1) is 0 Å². The van der Waals surface area contributed by atoms with Crippen molar-refractivity contribution in [2.24, 2.45) is 0 Å². The summed E-state index contributed by atoms with van der Waals surface area (Å²) in [6.45, 7) is 7.45. The monoisotopic (exact) mass is 319 g/mol. The number of nitrogens with zero attached hydrogens (tertiary/aromatic N) is 2. The average Bonchev–Trinajstić information content (AvgIpc) is 2.59. The van der Waals surface area contributed by atoms with Crippen LogP contribution in [0.15, 0.2) is 24.3 Å². The van der Waals surface area contributed by atoms with Crippen LogP contribution in [0.1, 0.15) is 26.2 Å². The van der Waals surface area contributed by atoms with E-state index in [1.54, 1.807) is 0 Å². The van der Waals surface area contributed by atoms with Crippen molar-refractivity contribution in [3.05, 3.63) is 24.3 Å². The van der Waals surface area contributed by atoms with E-state index in [9.17, 15) is 4.79 Å². The number of ether oxygens (including phenoxy) is 1. The zero-order valence-corrected chi connectivity index (χ0v) is 14.4. The van der Waals surface area contributed by atoms with E-state index in [2.05, 4.69) is 41.2 Å². The highest BCUT2D eigenvalue weighted by atomic mass is 16.5. The zero-order chi connectivity index (χ0) is 16.5. The van der Waals surface area contributed by atoms with Crippen LogP contribution in [0, 0.1) is 0 Å². The summed E-state index contributed by atoms with van der Waals surface area (Å²) in [5.74, 6) is 0.0764. The summed E-state index contributed by atoms with van der Waals surface area (Å²) < 4.78 is 5.37. The molecule has 1 heterocycles. The number of amides is 1. The Morgan fingerprint density at radius 2 is 1.91 bits per heavy atom. The van der Waals surface area contributed by atoms with E-state index in [1.807, 2.05) is 12.1 Å². The Kier molecular flexibility index (Phi) is 7.36. The molecule has 0 saturated carbocycles. The van der Waals surface area contributed by atoms with E-state index in [-0.39, 0.29) is 5.91 Å². The van der Waals surface area contributed by atoms with E-state index in [4.69, 9.17) is 4.74 Å². The largest absolute Gasteiger partial charge is 0.378 e. The molecule has 0 unspecified atom stereocenters. The van der Waals surface area contributed by atoms with E-state index in [0.29, 0.717) is 6.42 Å². The number of benzene rings is 1. The molecular formula is C18H29N3O2. The van der Waals surface area contributed by atoms with Crippen LogP contribution in [0.2, 0.25) is 0 Å². The maximum Gasteiger partial charge on any atom is 0.225 e. The summed E-state index contributed by atoms with van der Waals surface area (Å²) in [4.78, 5) is 16.5. The molecule has 0 atom stereocenters.